The summed E-state index contributed by atoms with van der Waals surface area (Å²) < 4.78 is 3.77. The topological polar surface area (TPSA) is 108 Å². The number of halogens is 1. The van der Waals surface area contributed by atoms with Gasteiger partial charge in [-0.1, -0.05) is 29.8 Å². The molecule has 150 valence electrons. The van der Waals surface area contributed by atoms with Gasteiger partial charge in [0.25, 0.3) is 0 Å². The van der Waals surface area contributed by atoms with Crippen molar-refractivity contribution >= 4 is 50.5 Å². The van der Waals surface area contributed by atoms with E-state index >= 15 is 0 Å². The molecular formula is C23H11ClN8. The summed E-state index contributed by atoms with van der Waals surface area (Å²) >= 11 is 6.27. The maximum Gasteiger partial charge on any atom is 0.179 e. The van der Waals surface area contributed by atoms with Crippen LogP contribution in [0.25, 0.3) is 44.6 Å². The molecule has 0 spiro atoms. The second-order valence-corrected chi connectivity index (χ2v) is 7.69. The lowest BCUT2D eigenvalue weighted by Crippen LogP contribution is -2.02. The third-order valence-corrected chi connectivity index (χ3v) is 5.65. The van der Waals surface area contributed by atoms with Crippen molar-refractivity contribution in [3.8, 4) is 17.8 Å². The highest BCUT2D eigenvalue weighted by Gasteiger charge is 2.24. The summed E-state index contributed by atoms with van der Waals surface area (Å²) in [6.07, 6.45) is 0. The highest BCUT2D eigenvalue weighted by Crippen LogP contribution is 2.34. The van der Waals surface area contributed by atoms with E-state index < -0.39 is 0 Å². The molecule has 0 amide bonds. The van der Waals surface area contributed by atoms with Gasteiger partial charge in [-0.15, -0.1) is 0 Å². The summed E-state index contributed by atoms with van der Waals surface area (Å²) in [6.45, 7) is 1.91. The minimum absolute atomic E-state index is 0.0417. The number of nitrogens with zero attached hydrogens (tertiary/aromatic N) is 8. The Kier molecular flexibility index (Phi) is 3.70. The van der Waals surface area contributed by atoms with Gasteiger partial charge in [0.15, 0.2) is 28.3 Å². The molecule has 0 aliphatic rings. The molecule has 4 heterocycles. The van der Waals surface area contributed by atoms with Crippen LogP contribution in [0.1, 0.15) is 17.2 Å². The fraction of sp³-hybridized carbons (Fsp3) is 0.0435. The van der Waals surface area contributed by atoms with E-state index in [2.05, 4.69) is 9.97 Å². The number of benzene rings is 2. The molecule has 0 atom stereocenters. The average Bonchev–Trinajstić information content (AvgIpc) is 3.33. The first kappa shape index (κ1) is 18.3. The van der Waals surface area contributed by atoms with E-state index in [-0.39, 0.29) is 11.4 Å². The third-order valence-electron chi connectivity index (χ3n) is 5.42. The van der Waals surface area contributed by atoms with Gasteiger partial charge in [-0.05, 0) is 37.3 Å². The fourth-order valence-corrected chi connectivity index (χ4v) is 4.30. The Bertz CT molecular complexity index is 1830. The number of imidazole rings is 1. The van der Waals surface area contributed by atoms with Gasteiger partial charge in [0.1, 0.15) is 23.5 Å². The molecule has 9 heteroatoms. The molecule has 0 aliphatic carbocycles. The van der Waals surface area contributed by atoms with E-state index in [1.807, 2.05) is 59.9 Å². The Morgan fingerprint density at radius 3 is 2.41 bits per heavy atom. The van der Waals surface area contributed by atoms with Gasteiger partial charge in [0.2, 0.25) is 0 Å². The highest BCUT2D eigenvalue weighted by molar-refractivity contribution is 6.30. The summed E-state index contributed by atoms with van der Waals surface area (Å²) in [5.74, 6) is 0.730. The van der Waals surface area contributed by atoms with Gasteiger partial charge in [-0.2, -0.15) is 10.5 Å². The second kappa shape index (κ2) is 6.48. The van der Waals surface area contributed by atoms with Crippen molar-refractivity contribution in [2.75, 3.05) is 0 Å². The van der Waals surface area contributed by atoms with E-state index in [0.717, 1.165) is 16.9 Å². The quantitative estimate of drug-likeness (QED) is 0.377. The first-order valence-corrected chi connectivity index (χ1v) is 10.0. The average molecular weight is 435 g/mol. The summed E-state index contributed by atoms with van der Waals surface area (Å²) in [7, 11) is 0. The summed E-state index contributed by atoms with van der Waals surface area (Å²) in [5, 5.41) is 20.3. The van der Waals surface area contributed by atoms with Gasteiger partial charge in [0.05, 0.1) is 22.1 Å². The fourth-order valence-electron chi connectivity index (χ4n) is 4.12. The molecule has 0 aliphatic heterocycles. The number of rotatable bonds is 1. The van der Waals surface area contributed by atoms with Crippen LogP contribution in [-0.2, 0) is 0 Å². The lowest BCUT2D eigenvalue weighted by molar-refractivity contribution is 1.01. The Labute approximate surface area is 185 Å². The van der Waals surface area contributed by atoms with Gasteiger partial charge < -0.3 is 0 Å². The normalized spacial score (nSPS) is 11.4. The van der Waals surface area contributed by atoms with E-state index in [4.69, 9.17) is 21.6 Å². The minimum Gasteiger partial charge on any atom is -0.280 e. The highest BCUT2D eigenvalue weighted by atomic mass is 35.5. The molecule has 4 aromatic heterocycles. The number of hydrogen-bond acceptors (Lipinski definition) is 6. The number of hydrogen-bond donors (Lipinski definition) is 0. The summed E-state index contributed by atoms with van der Waals surface area (Å²) in [4.78, 5) is 18.7. The number of fused-ring (bicyclic) bond motifs is 7. The molecule has 0 radical (unpaired) electrons. The molecule has 8 nitrogen and oxygen atoms in total. The standard InChI is InChI=1S/C23H11ClN8/c1-12-27-21-19(22-29-15-7-2-3-8-18(15)31(12)22)20-23(30-17(11-26)16(10-25)28-20)32(21)14-6-4-5-13(24)9-14/h2-9H,1H3. The van der Waals surface area contributed by atoms with E-state index in [1.165, 1.54) is 0 Å². The molecule has 32 heavy (non-hydrogen) atoms. The van der Waals surface area contributed by atoms with Crippen molar-refractivity contribution in [3.05, 3.63) is 70.8 Å². The lowest BCUT2D eigenvalue weighted by atomic mass is 10.3. The van der Waals surface area contributed by atoms with Crippen molar-refractivity contribution in [2.24, 2.45) is 0 Å². The first-order chi connectivity index (χ1) is 15.6. The minimum atomic E-state index is -0.0488. The predicted octanol–water partition coefficient (Wildman–Crippen LogP) is 4.47. The van der Waals surface area contributed by atoms with Crippen LogP contribution in [-0.4, -0.2) is 28.9 Å². The molecule has 2 aromatic carbocycles. The van der Waals surface area contributed by atoms with Crippen LogP contribution in [0.5, 0.6) is 0 Å². The number of nitriles is 2. The lowest BCUT2D eigenvalue weighted by Gasteiger charge is -2.08. The van der Waals surface area contributed by atoms with Crippen LogP contribution >= 0.6 is 11.6 Å². The van der Waals surface area contributed by atoms with Crippen LogP contribution in [0.15, 0.2) is 48.5 Å². The van der Waals surface area contributed by atoms with E-state index in [0.29, 0.717) is 38.6 Å². The number of para-hydroxylation sites is 2. The zero-order chi connectivity index (χ0) is 22.0. The number of aryl methyl sites for hydroxylation is 1. The molecule has 0 unspecified atom stereocenters. The maximum atomic E-state index is 9.55. The Morgan fingerprint density at radius 1 is 0.844 bits per heavy atom. The molecule has 6 rings (SSSR count). The van der Waals surface area contributed by atoms with E-state index in [1.54, 1.807) is 16.7 Å². The zero-order valence-electron chi connectivity index (χ0n) is 16.6. The molecule has 0 saturated heterocycles. The van der Waals surface area contributed by atoms with E-state index in [9.17, 15) is 10.5 Å². The van der Waals surface area contributed by atoms with Crippen LogP contribution < -0.4 is 0 Å². The van der Waals surface area contributed by atoms with Crippen molar-refractivity contribution in [2.45, 2.75) is 6.92 Å². The zero-order valence-corrected chi connectivity index (χ0v) is 17.3. The van der Waals surface area contributed by atoms with Gasteiger partial charge in [-0.3, -0.25) is 8.97 Å². The largest absolute Gasteiger partial charge is 0.280 e. The Morgan fingerprint density at radius 2 is 1.62 bits per heavy atom. The van der Waals surface area contributed by atoms with Crippen molar-refractivity contribution in [1.29, 1.82) is 10.5 Å². The van der Waals surface area contributed by atoms with Gasteiger partial charge in [-0.25, -0.2) is 19.9 Å². The third kappa shape index (κ3) is 2.36. The molecule has 0 bridgehead atoms. The second-order valence-electron chi connectivity index (χ2n) is 7.25. The summed E-state index contributed by atoms with van der Waals surface area (Å²) in [6, 6.07) is 19.0. The van der Waals surface area contributed by atoms with Gasteiger partial charge in [0, 0.05) is 5.02 Å². The molecule has 0 saturated carbocycles. The SMILES string of the molecule is Cc1nc2c(c3nc(C#N)c(C#N)nc3n2-c2cccc(Cl)c2)c2nc3ccccc3n12. The first-order valence-electron chi connectivity index (χ1n) is 9.67. The van der Waals surface area contributed by atoms with Crippen LogP contribution in [0.2, 0.25) is 5.02 Å². The molecule has 0 N–H and O–H groups in total. The Balaban J connectivity index is 1.92. The molecular weight excluding hydrogens is 424 g/mol. The van der Waals surface area contributed by atoms with Gasteiger partial charge >= 0.3 is 0 Å². The summed E-state index contributed by atoms with van der Waals surface area (Å²) in [5.41, 5.74) is 4.44. The monoisotopic (exact) mass is 434 g/mol. The van der Waals surface area contributed by atoms with Crippen LogP contribution in [0.4, 0.5) is 0 Å². The Hall–Kier alpha value is -4.53. The molecule has 6 aromatic rings. The van der Waals surface area contributed by atoms with Crippen LogP contribution in [0.3, 0.4) is 0 Å². The van der Waals surface area contributed by atoms with Crippen molar-refractivity contribution < 1.29 is 0 Å². The maximum absolute atomic E-state index is 9.55. The molecule has 0 fully saturated rings. The smallest absolute Gasteiger partial charge is 0.179 e. The van der Waals surface area contributed by atoms with Crippen molar-refractivity contribution in [3.63, 3.8) is 0 Å². The van der Waals surface area contributed by atoms with Crippen molar-refractivity contribution in [1.82, 2.24) is 28.9 Å². The predicted molar refractivity (Wildman–Crippen MR) is 120 cm³/mol. The number of aromatic nitrogens is 6. The van der Waals surface area contributed by atoms with Crippen LogP contribution in [0, 0.1) is 29.6 Å².